The Hall–Kier alpha value is -2.51. The van der Waals surface area contributed by atoms with E-state index < -0.39 is 5.82 Å². The number of nitrogens with zero attached hydrogens (tertiary/aromatic N) is 1. The van der Waals surface area contributed by atoms with E-state index in [2.05, 4.69) is 15.3 Å². The van der Waals surface area contributed by atoms with Gasteiger partial charge in [0, 0.05) is 22.2 Å². The number of nitrogens with one attached hydrogen (secondary N) is 2. The zero-order valence-corrected chi connectivity index (χ0v) is 15.8. The van der Waals surface area contributed by atoms with Crippen LogP contribution in [0.25, 0.3) is 11.3 Å². The van der Waals surface area contributed by atoms with Crippen LogP contribution in [0.15, 0.2) is 23.6 Å². The van der Waals surface area contributed by atoms with E-state index in [1.807, 2.05) is 0 Å². The van der Waals surface area contributed by atoms with E-state index in [0.717, 1.165) is 0 Å². The molecule has 0 saturated heterocycles. The van der Waals surface area contributed by atoms with Gasteiger partial charge in [-0.3, -0.25) is 14.9 Å². The van der Waals surface area contributed by atoms with Gasteiger partial charge in [-0.25, -0.2) is 9.37 Å². The first-order valence-electron chi connectivity index (χ1n) is 7.70. The molecule has 5 nitrogen and oxygen atoms in total. The van der Waals surface area contributed by atoms with Crippen molar-refractivity contribution in [3.8, 4) is 11.3 Å². The lowest BCUT2D eigenvalue weighted by atomic mass is 10.1. The Balaban J connectivity index is 1.83. The van der Waals surface area contributed by atoms with Crippen molar-refractivity contribution in [3.05, 3.63) is 56.9 Å². The smallest absolute Gasteiger partial charge is 0.274 e. The molecule has 8 heteroatoms. The number of hydrogen-bond acceptors (Lipinski definition) is 4. The summed E-state index contributed by atoms with van der Waals surface area (Å²) in [5, 5.41) is 4.86. The SMILES string of the molecule is CC(=O)c1c(C)[nH]c(C(=O)Nc2nc(-c3ccc(F)c(Cl)c3)cs2)c1C. The minimum atomic E-state index is -0.502. The van der Waals surface area contributed by atoms with Crippen LogP contribution >= 0.6 is 22.9 Å². The van der Waals surface area contributed by atoms with Gasteiger partial charge in [-0.15, -0.1) is 11.3 Å². The van der Waals surface area contributed by atoms with Crippen molar-refractivity contribution in [1.82, 2.24) is 9.97 Å². The number of H-pyrrole nitrogens is 1. The third-order valence-corrected chi connectivity index (χ3v) is 5.00. The van der Waals surface area contributed by atoms with Gasteiger partial charge in [0.05, 0.1) is 10.7 Å². The maximum absolute atomic E-state index is 13.3. The van der Waals surface area contributed by atoms with E-state index in [-0.39, 0.29) is 16.7 Å². The highest BCUT2D eigenvalue weighted by Crippen LogP contribution is 2.28. The lowest BCUT2D eigenvalue weighted by Gasteiger charge is -2.02. The summed E-state index contributed by atoms with van der Waals surface area (Å²) in [4.78, 5) is 31.5. The summed E-state index contributed by atoms with van der Waals surface area (Å²) in [6.45, 7) is 4.94. The van der Waals surface area contributed by atoms with Gasteiger partial charge in [-0.05, 0) is 44.5 Å². The first-order valence-corrected chi connectivity index (χ1v) is 8.96. The van der Waals surface area contributed by atoms with Crippen LogP contribution in [0.3, 0.4) is 0 Å². The van der Waals surface area contributed by atoms with Crippen LogP contribution < -0.4 is 5.32 Å². The monoisotopic (exact) mass is 391 g/mol. The molecule has 0 aliphatic rings. The molecule has 0 bridgehead atoms. The minimum absolute atomic E-state index is 0.00957. The average Bonchev–Trinajstić information content (AvgIpc) is 3.14. The number of benzene rings is 1. The Morgan fingerprint density at radius 2 is 2.04 bits per heavy atom. The fourth-order valence-corrected chi connectivity index (χ4v) is 3.68. The molecule has 0 aliphatic carbocycles. The van der Waals surface area contributed by atoms with Crippen molar-refractivity contribution in [2.45, 2.75) is 20.8 Å². The number of Topliss-reactive ketones (excluding diaryl/α,β-unsaturated/α-hetero) is 1. The molecule has 0 aliphatic heterocycles. The van der Waals surface area contributed by atoms with Crippen molar-refractivity contribution in [2.24, 2.45) is 0 Å². The van der Waals surface area contributed by atoms with Crippen molar-refractivity contribution in [1.29, 1.82) is 0 Å². The van der Waals surface area contributed by atoms with Gasteiger partial charge in [-0.2, -0.15) is 0 Å². The second kappa shape index (κ2) is 7.01. The Kier molecular flexibility index (Phi) is 4.93. The van der Waals surface area contributed by atoms with Gasteiger partial charge in [0.15, 0.2) is 10.9 Å². The van der Waals surface area contributed by atoms with E-state index in [4.69, 9.17) is 11.6 Å². The number of aromatic nitrogens is 2. The van der Waals surface area contributed by atoms with Crippen molar-refractivity contribution in [3.63, 3.8) is 0 Å². The highest BCUT2D eigenvalue weighted by molar-refractivity contribution is 7.14. The molecule has 1 aromatic carbocycles. The first kappa shape index (κ1) is 18.3. The number of rotatable bonds is 4. The van der Waals surface area contributed by atoms with Crippen LogP contribution in [-0.2, 0) is 0 Å². The third kappa shape index (κ3) is 3.40. The highest BCUT2D eigenvalue weighted by Gasteiger charge is 2.20. The number of hydrogen-bond donors (Lipinski definition) is 2. The van der Waals surface area contributed by atoms with Gasteiger partial charge in [0.2, 0.25) is 0 Å². The summed E-state index contributed by atoms with van der Waals surface area (Å²) >= 11 is 7.03. The van der Waals surface area contributed by atoms with Gasteiger partial charge in [-0.1, -0.05) is 11.6 Å². The normalized spacial score (nSPS) is 10.8. The topological polar surface area (TPSA) is 74.8 Å². The molecule has 0 spiro atoms. The molecule has 2 aromatic heterocycles. The minimum Gasteiger partial charge on any atom is -0.354 e. The zero-order valence-electron chi connectivity index (χ0n) is 14.2. The molecule has 0 atom stereocenters. The molecule has 1 amide bonds. The standard InChI is InChI=1S/C18H15ClFN3O2S/c1-8-15(10(3)24)9(2)21-16(8)17(25)23-18-22-14(7-26-18)11-4-5-13(20)12(19)6-11/h4-7,21H,1-3H3,(H,22,23,25). The molecule has 2 heterocycles. The van der Waals surface area contributed by atoms with E-state index in [9.17, 15) is 14.0 Å². The fraction of sp³-hybridized carbons (Fsp3) is 0.167. The fourth-order valence-electron chi connectivity index (χ4n) is 2.78. The second-order valence-electron chi connectivity index (χ2n) is 5.80. The Morgan fingerprint density at radius 3 is 2.65 bits per heavy atom. The van der Waals surface area contributed by atoms with Crippen LogP contribution in [0.4, 0.5) is 9.52 Å². The molecule has 0 radical (unpaired) electrons. The highest BCUT2D eigenvalue weighted by atomic mass is 35.5. The molecule has 26 heavy (non-hydrogen) atoms. The van der Waals surface area contributed by atoms with Crippen molar-refractivity contribution < 1.29 is 14.0 Å². The quantitative estimate of drug-likeness (QED) is 0.614. The first-order chi connectivity index (χ1) is 12.3. The zero-order chi connectivity index (χ0) is 19.0. The lowest BCUT2D eigenvalue weighted by Crippen LogP contribution is -2.13. The molecule has 134 valence electrons. The maximum Gasteiger partial charge on any atom is 0.274 e. The molecular formula is C18H15ClFN3O2S. The molecular weight excluding hydrogens is 377 g/mol. The van der Waals surface area contributed by atoms with E-state index in [0.29, 0.717) is 38.9 Å². The molecule has 0 saturated carbocycles. The van der Waals surface area contributed by atoms with Crippen molar-refractivity contribution >= 4 is 39.8 Å². The maximum atomic E-state index is 13.3. The van der Waals surface area contributed by atoms with Gasteiger partial charge < -0.3 is 4.98 Å². The van der Waals surface area contributed by atoms with Crippen LogP contribution in [0.5, 0.6) is 0 Å². The number of aryl methyl sites for hydroxylation is 1. The van der Waals surface area contributed by atoms with Crippen LogP contribution in [0.1, 0.15) is 39.0 Å². The molecule has 3 aromatic rings. The van der Waals surface area contributed by atoms with Gasteiger partial charge in [0.25, 0.3) is 5.91 Å². The molecule has 0 unspecified atom stereocenters. The summed E-state index contributed by atoms with van der Waals surface area (Å²) in [5.41, 5.74) is 3.34. The number of halogens is 2. The predicted octanol–water partition coefficient (Wildman–Crippen LogP) is 5.00. The van der Waals surface area contributed by atoms with E-state index >= 15 is 0 Å². The predicted molar refractivity (Wildman–Crippen MR) is 101 cm³/mol. The number of carbonyl (C=O) groups is 2. The van der Waals surface area contributed by atoms with Crippen LogP contribution in [0.2, 0.25) is 5.02 Å². The van der Waals surface area contributed by atoms with Gasteiger partial charge >= 0.3 is 0 Å². The van der Waals surface area contributed by atoms with E-state index in [1.54, 1.807) is 25.3 Å². The number of ketones is 1. The average molecular weight is 392 g/mol. The Bertz CT molecular complexity index is 1030. The van der Waals surface area contributed by atoms with E-state index in [1.165, 1.54) is 30.4 Å². The Morgan fingerprint density at radius 1 is 1.31 bits per heavy atom. The summed E-state index contributed by atoms with van der Waals surface area (Å²) < 4.78 is 13.3. The summed E-state index contributed by atoms with van der Waals surface area (Å²) in [6, 6.07) is 4.32. The summed E-state index contributed by atoms with van der Waals surface area (Å²) in [7, 11) is 0. The second-order valence-corrected chi connectivity index (χ2v) is 7.07. The number of carbonyl (C=O) groups excluding carboxylic acids is 2. The number of thiazole rings is 1. The van der Waals surface area contributed by atoms with Crippen LogP contribution in [-0.4, -0.2) is 21.7 Å². The van der Waals surface area contributed by atoms with Gasteiger partial charge in [0.1, 0.15) is 11.5 Å². The number of aromatic amines is 1. The number of anilines is 1. The Labute approximate surface area is 158 Å². The molecule has 3 rings (SSSR count). The lowest BCUT2D eigenvalue weighted by molar-refractivity contribution is 0.101. The molecule has 0 fully saturated rings. The molecule has 2 N–H and O–H groups in total. The number of amides is 1. The van der Waals surface area contributed by atoms with Crippen molar-refractivity contribution in [2.75, 3.05) is 5.32 Å². The third-order valence-electron chi connectivity index (χ3n) is 3.96. The summed E-state index contributed by atoms with van der Waals surface area (Å²) in [5.74, 6) is -0.978. The summed E-state index contributed by atoms with van der Waals surface area (Å²) in [6.07, 6.45) is 0. The van der Waals surface area contributed by atoms with Crippen LogP contribution in [0, 0.1) is 19.7 Å². The largest absolute Gasteiger partial charge is 0.354 e.